The van der Waals surface area contributed by atoms with Crippen LogP contribution < -0.4 is 10.1 Å². The Hall–Kier alpha value is -3.24. The molecule has 0 saturated carbocycles. The highest BCUT2D eigenvalue weighted by molar-refractivity contribution is 5.70. The number of nitrogens with zero attached hydrogens (tertiary/aromatic N) is 3. The summed E-state index contributed by atoms with van der Waals surface area (Å²) in [6, 6.07) is 6.42. The molecule has 0 aliphatic heterocycles. The maximum Gasteiger partial charge on any atom is 0.419 e. The molecule has 11 heteroatoms. The topological polar surface area (TPSA) is 73.1 Å². The van der Waals surface area contributed by atoms with E-state index in [9.17, 15) is 22.0 Å². The van der Waals surface area contributed by atoms with E-state index < -0.39 is 36.9 Å². The van der Waals surface area contributed by atoms with Gasteiger partial charge in [0.25, 0.3) is 5.89 Å². The van der Waals surface area contributed by atoms with Gasteiger partial charge in [0, 0.05) is 25.2 Å². The Morgan fingerprint density at radius 1 is 1.21 bits per heavy atom. The highest BCUT2D eigenvalue weighted by atomic mass is 19.4. The van der Waals surface area contributed by atoms with Gasteiger partial charge in [-0.15, -0.1) is 0 Å². The second kappa shape index (κ2) is 8.41. The van der Waals surface area contributed by atoms with Crippen LogP contribution in [0.5, 0.6) is 5.75 Å². The summed E-state index contributed by atoms with van der Waals surface area (Å²) < 4.78 is 74.6. The summed E-state index contributed by atoms with van der Waals surface area (Å²) in [6.45, 7) is -0.543. The van der Waals surface area contributed by atoms with E-state index in [1.165, 1.54) is 6.07 Å². The van der Waals surface area contributed by atoms with Crippen molar-refractivity contribution in [2.24, 2.45) is 0 Å². The molecule has 6 nitrogen and oxygen atoms in total. The molecule has 0 amide bonds. The number of rotatable bonds is 7. The smallest absolute Gasteiger partial charge is 0.419 e. The van der Waals surface area contributed by atoms with Crippen molar-refractivity contribution < 1.29 is 31.2 Å². The molecule has 29 heavy (non-hydrogen) atoms. The van der Waals surface area contributed by atoms with Gasteiger partial charge >= 0.3 is 6.18 Å². The molecule has 0 fully saturated rings. The zero-order valence-electron chi connectivity index (χ0n) is 15.0. The van der Waals surface area contributed by atoms with Crippen molar-refractivity contribution in [3.63, 3.8) is 0 Å². The highest BCUT2D eigenvalue weighted by Crippen LogP contribution is 2.39. The number of pyridine rings is 1. The predicted octanol–water partition coefficient (Wildman–Crippen LogP) is 4.89. The van der Waals surface area contributed by atoms with Gasteiger partial charge in [0.2, 0.25) is 12.2 Å². The van der Waals surface area contributed by atoms with Crippen molar-refractivity contribution in [1.82, 2.24) is 15.1 Å². The van der Waals surface area contributed by atoms with Gasteiger partial charge < -0.3 is 14.6 Å². The lowest BCUT2D eigenvalue weighted by Crippen LogP contribution is -2.11. The van der Waals surface area contributed by atoms with Crippen molar-refractivity contribution in [3.05, 3.63) is 42.1 Å². The quantitative estimate of drug-likeness (QED) is 0.555. The van der Waals surface area contributed by atoms with Crippen LogP contribution in [0, 0.1) is 0 Å². The second-order valence-corrected chi connectivity index (χ2v) is 5.81. The maximum absolute atomic E-state index is 13.4. The predicted molar refractivity (Wildman–Crippen MR) is 93.6 cm³/mol. The van der Waals surface area contributed by atoms with E-state index in [2.05, 4.69) is 20.4 Å². The van der Waals surface area contributed by atoms with Crippen molar-refractivity contribution in [3.8, 4) is 28.6 Å². The van der Waals surface area contributed by atoms with Crippen molar-refractivity contribution in [2.75, 3.05) is 19.0 Å². The third-order valence-electron chi connectivity index (χ3n) is 3.84. The minimum Gasteiger partial charge on any atom is -0.493 e. The highest BCUT2D eigenvalue weighted by Gasteiger charge is 2.35. The molecular weight excluding hydrogens is 399 g/mol. The Morgan fingerprint density at radius 2 is 2.00 bits per heavy atom. The monoisotopic (exact) mass is 414 g/mol. The zero-order chi connectivity index (χ0) is 21.0. The Labute approximate surface area is 161 Å². The van der Waals surface area contributed by atoms with Crippen molar-refractivity contribution in [1.29, 1.82) is 0 Å². The van der Waals surface area contributed by atoms with Crippen LogP contribution in [-0.4, -0.2) is 35.2 Å². The number of nitrogens with one attached hydrogen (secondary N) is 1. The third-order valence-corrected chi connectivity index (χ3v) is 3.84. The first-order chi connectivity index (χ1) is 13.8. The van der Waals surface area contributed by atoms with Crippen LogP contribution in [0.15, 0.2) is 41.1 Å². The summed E-state index contributed by atoms with van der Waals surface area (Å²) in [5.41, 5.74) is -0.610. The zero-order valence-corrected chi connectivity index (χ0v) is 15.0. The summed E-state index contributed by atoms with van der Waals surface area (Å²) in [6.07, 6.45) is -6.55. The summed E-state index contributed by atoms with van der Waals surface area (Å²) in [4.78, 5) is 8.24. The molecule has 2 aromatic heterocycles. The van der Waals surface area contributed by atoms with Crippen LogP contribution in [0.3, 0.4) is 0 Å². The van der Waals surface area contributed by atoms with Crippen LogP contribution in [0.2, 0.25) is 0 Å². The molecule has 0 bridgehead atoms. The molecule has 0 saturated heterocycles. The largest absolute Gasteiger partial charge is 0.493 e. The lowest BCUT2D eigenvalue weighted by molar-refractivity contribution is -0.138. The van der Waals surface area contributed by atoms with E-state index in [0.29, 0.717) is 11.4 Å². The second-order valence-electron chi connectivity index (χ2n) is 5.81. The Kier molecular flexibility index (Phi) is 5.95. The van der Waals surface area contributed by atoms with E-state index in [0.717, 1.165) is 12.1 Å². The van der Waals surface area contributed by atoms with Crippen LogP contribution >= 0.6 is 0 Å². The summed E-state index contributed by atoms with van der Waals surface area (Å²) >= 11 is 0. The number of anilines is 1. The minimum atomic E-state index is -4.76. The Bertz CT molecular complexity index is 975. The number of aromatic nitrogens is 3. The SMILES string of the molecule is CNc1ncccc1-c1noc(-c2ccc(OCCC(F)F)c(C(F)(F)F)c2)n1. The van der Waals surface area contributed by atoms with Gasteiger partial charge in [-0.3, -0.25) is 0 Å². The molecule has 0 spiro atoms. The third kappa shape index (κ3) is 4.79. The normalized spacial score (nSPS) is 11.7. The number of hydrogen-bond donors (Lipinski definition) is 1. The first-order valence-electron chi connectivity index (χ1n) is 8.39. The molecule has 154 valence electrons. The molecule has 0 aliphatic carbocycles. The van der Waals surface area contributed by atoms with E-state index in [1.807, 2.05) is 0 Å². The fourth-order valence-electron chi connectivity index (χ4n) is 2.50. The molecule has 0 aliphatic rings. The van der Waals surface area contributed by atoms with Gasteiger partial charge in [-0.05, 0) is 30.3 Å². The van der Waals surface area contributed by atoms with Gasteiger partial charge in [0.05, 0.1) is 17.7 Å². The van der Waals surface area contributed by atoms with Crippen LogP contribution in [0.1, 0.15) is 12.0 Å². The van der Waals surface area contributed by atoms with Gasteiger partial charge in [-0.1, -0.05) is 5.16 Å². The molecule has 0 atom stereocenters. The average Bonchev–Trinajstić information content (AvgIpc) is 3.17. The molecule has 3 rings (SSSR count). The first-order valence-corrected chi connectivity index (χ1v) is 8.39. The van der Waals surface area contributed by atoms with E-state index in [1.54, 1.807) is 25.4 Å². The fourth-order valence-corrected chi connectivity index (χ4v) is 2.50. The van der Waals surface area contributed by atoms with Gasteiger partial charge in [0.1, 0.15) is 11.6 Å². The standard InChI is InChI=1S/C18H15F5N4O2/c1-24-15-11(3-2-7-25-15)16-26-17(29-27-16)10-4-5-13(28-8-6-14(19)20)12(9-10)18(21,22)23/h2-5,7,9,14H,6,8H2,1H3,(H,24,25). The minimum absolute atomic E-state index is 0.00665. The van der Waals surface area contributed by atoms with Crippen LogP contribution in [0.25, 0.3) is 22.8 Å². The number of hydrogen-bond acceptors (Lipinski definition) is 6. The van der Waals surface area contributed by atoms with Gasteiger partial charge in [-0.25, -0.2) is 13.8 Å². The number of ether oxygens (including phenoxy) is 1. The number of halogens is 5. The summed E-state index contributed by atoms with van der Waals surface area (Å²) in [5.74, 6) is -0.0798. The number of alkyl halides is 5. The molecule has 1 aromatic carbocycles. The Morgan fingerprint density at radius 3 is 2.69 bits per heavy atom. The lowest BCUT2D eigenvalue weighted by Gasteiger charge is -2.14. The van der Waals surface area contributed by atoms with Crippen LogP contribution in [-0.2, 0) is 6.18 Å². The molecular formula is C18H15F5N4O2. The summed E-state index contributed by atoms with van der Waals surface area (Å²) in [5, 5.41) is 6.65. The van der Waals surface area contributed by atoms with Gasteiger partial charge in [0.15, 0.2) is 0 Å². The Balaban J connectivity index is 1.92. The molecule has 0 unspecified atom stereocenters. The number of benzene rings is 1. The first kappa shape index (κ1) is 20.5. The lowest BCUT2D eigenvalue weighted by atomic mass is 10.1. The summed E-state index contributed by atoms with van der Waals surface area (Å²) in [7, 11) is 1.65. The molecule has 0 radical (unpaired) electrons. The molecule has 3 aromatic rings. The van der Waals surface area contributed by atoms with Crippen molar-refractivity contribution in [2.45, 2.75) is 19.0 Å². The fraction of sp³-hybridized carbons (Fsp3) is 0.278. The molecule has 2 heterocycles. The van der Waals surface area contributed by atoms with E-state index in [4.69, 9.17) is 9.26 Å². The van der Waals surface area contributed by atoms with Crippen molar-refractivity contribution >= 4 is 5.82 Å². The van der Waals surface area contributed by atoms with E-state index in [-0.39, 0.29) is 17.3 Å². The molecule has 1 N–H and O–H groups in total. The maximum atomic E-state index is 13.4. The van der Waals surface area contributed by atoms with Gasteiger partial charge in [-0.2, -0.15) is 18.2 Å². The average molecular weight is 414 g/mol. The van der Waals surface area contributed by atoms with Crippen LogP contribution in [0.4, 0.5) is 27.8 Å². The van der Waals surface area contributed by atoms with E-state index >= 15 is 0 Å².